The fourth-order valence-corrected chi connectivity index (χ4v) is 2.85. The van der Waals surface area contributed by atoms with Crippen molar-refractivity contribution in [1.29, 1.82) is 0 Å². The average Bonchev–Trinajstić information content (AvgIpc) is 3.27. The smallest absolute Gasteiger partial charge is 0.254 e. The number of rotatable bonds is 6. The zero-order valence-corrected chi connectivity index (χ0v) is 13.6. The molecule has 0 bridgehead atoms. The van der Waals surface area contributed by atoms with E-state index in [1.807, 2.05) is 35.2 Å². The number of amides is 2. The minimum atomic E-state index is -0.191. The number of likely N-dealkylation sites (tertiary alicyclic amines) is 1. The Morgan fingerprint density at radius 1 is 1.12 bits per heavy atom. The van der Waals surface area contributed by atoms with E-state index in [1.165, 1.54) is 0 Å². The molecule has 1 aromatic heterocycles. The van der Waals surface area contributed by atoms with E-state index in [2.05, 4.69) is 10.4 Å². The second-order valence-corrected chi connectivity index (χ2v) is 6.01. The summed E-state index contributed by atoms with van der Waals surface area (Å²) in [6, 6.07) is 9.96. The van der Waals surface area contributed by atoms with Crippen molar-refractivity contribution >= 4 is 11.8 Å². The van der Waals surface area contributed by atoms with Crippen molar-refractivity contribution in [2.24, 2.45) is 0 Å². The molecule has 0 saturated carbocycles. The summed E-state index contributed by atoms with van der Waals surface area (Å²) in [5.74, 6) is -0.0730. The normalized spacial score (nSPS) is 13.9. The van der Waals surface area contributed by atoms with Crippen molar-refractivity contribution < 1.29 is 9.59 Å². The Morgan fingerprint density at radius 2 is 1.88 bits per heavy atom. The van der Waals surface area contributed by atoms with Crippen LogP contribution in [0.25, 0.3) is 0 Å². The first-order valence-electron chi connectivity index (χ1n) is 8.35. The van der Waals surface area contributed by atoms with E-state index in [9.17, 15) is 9.59 Å². The first-order valence-corrected chi connectivity index (χ1v) is 8.35. The van der Waals surface area contributed by atoms with E-state index in [1.54, 1.807) is 17.1 Å². The molecule has 1 saturated heterocycles. The summed E-state index contributed by atoms with van der Waals surface area (Å²) in [5, 5.41) is 7.01. The lowest BCUT2D eigenvalue weighted by molar-refractivity contribution is -0.129. The van der Waals surface area contributed by atoms with Crippen LogP contribution in [0, 0.1) is 0 Å². The lowest BCUT2D eigenvalue weighted by Crippen LogP contribution is -2.32. The lowest BCUT2D eigenvalue weighted by Gasteiger charge is -2.14. The van der Waals surface area contributed by atoms with Crippen LogP contribution >= 0.6 is 0 Å². The Balaban J connectivity index is 1.46. The van der Waals surface area contributed by atoms with Crippen LogP contribution in [0.1, 0.15) is 35.2 Å². The summed E-state index contributed by atoms with van der Waals surface area (Å²) in [6.07, 6.45) is 5.80. The highest BCUT2D eigenvalue weighted by atomic mass is 16.2. The van der Waals surface area contributed by atoms with Gasteiger partial charge in [-0.2, -0.15) is 5.10 Å². The molecule has 0 aliphatic carbocycles. The second-order valence-electron chi connectivity index (χ2n) is 6.01. The van der Waals surface area contributed by atoms with E-state index in [4.69, 9.17) is 0 Å². The first kappa shape index (κ1) is 16.2. The minimum absolute atomic E-state index is 0.118. The molecule has 1 aliphatic rings. The van der Waals surface area contributed by atoms with Gasteiger partial charge < -0.3 is 10.2 Å². The van der Waals surface area contributed by atoms with E-state index < -0.39 is 0 Å². The van der Waals surface area contributed by atoms with Gasteiger partial charge in [-0.05, 0) is 18.4 Å². The van der Waals surface area contributed by atoms with Crippen LogP contribution in [0.2, 0.25) is 0 Å². The number of carbonyl (C=O) groups is 2. The SMILES string of the molecule is O=C(NCCC(=O)N1CCCC1)c1cnn(Cc2ccccc2)c1. The fraction of sp³-hybridized carbons (Fsp3) is 0.389. The van der Waals surface area contributed by atoms with Crippen LogP contribution in [0.5, 0.6) is 0 Å². The highest BCUT2D eigenvalue weighted by Crippen LogP contribution is 2.08. The van der Waals surface area contributed by atoms with Crippen molar-refractivity contribution in [3.8, 4) is 0 Å². The molecule has 0 radical (unpaired) electrons. The van der Waals surface area contributed by atoms with E-state index in [-0.39, 0.29) is 11.8 Å². The Bertz CT molecular complexity index is 690. The van der Waals surface area contributed by atoms with Crippen molar-refractivity contribution in [3.05, 3.63) is 53.9 Å². The molecular weight excluding hydrogens is 304 g/mol. The van der Waals surface area contributed by atoms with Gasteiger partial charge >= 0.3 is 0 Å². The monoisotopic (exact) mass is 326 g/mol. The number of aromatic nitrogens is 2. The lowest BCUT2D eigenvalue weighted by atomic mass is 10.2. The van der Waals surface area contributed by atoms with Gasteiger partial charge in [-0.3, -0.25) is 14.3 Å². The topological polar surface area (TPSA) is 67.2 Å². The van der Waals surface area contributed by atoms with Crippen molar-refractivity contribution in [2.45, 2.75) is 25.8 Å². The Kier molecular flexibility index (Phi) is 5.25. The third-order valence-electron chi connectivity index (χ3n) is 4.17. The van der Waals surface area contributed by atoms with Crippen LogP contribution in [-0.4, -0.2) is 46.1 Å². The van der Waals surface area contributed by atoms with Crippen LogP contribution < -0.4 is 5.32 Å². The zero-order valence-electron chi connectivity index (χ0n) is 13.6. The Hall–Kier alpha value is -2.63. The third-order valence-corrected chi connectivity index (χ3v) is 4.17. The largest absolute Gasteiger partial charge is 0.351 e. The molecule has 1 aliphatic heterocycles. The fourth-order valence-electron chi connectivity index (χ4n) is 2.85. The van der Waals surface area contributed by atoms with Crippen LogP contribution in [0.3, 0.4) is 0 Å². The molecule has 0 atom stereocenters. The second kappa shape index (κ2) is 7.77. The maximum absolute atomic E-state index is 12.1. The molecule has 0 unspecified atom stereocenters. The summed E-state index contributed by atoms with van der Waals surface area (Å²) < 4.78 is 1.74. The van der Waals surface area contributed by atoms with E-state index >= 15 is 0 Å². The molecule has 2 aromatic rings. The molecule has 24 heavy (non-hydrogen) atoms. The highest BCUT2D eigenvalue weighted by molar-refractivity contribution is 5.93. The van der Waals surface area contributed by atoms with Gasteiger partial charge in [-0.1, -0.05) is 30.3 Å². The van der Waals surface area contributed by atoms with Crippen molar-refractivity contribution in [3.63, 3.8) is 0 Å². The molecule has 1 aromatic carbocycles. The van der Waals surface area contributed by atoms with Crippen molar-refractivity contribution in [1.82, 2.24) is 20.0 Å². The summed E-state index contributed by atoms with van der Waals surface area (Å²) >= 11 is 0. The maximum Gasteiger partial charge on any atom is 0.254 e. The zero-order chi connectivity index (χ0) is 16.8. The number of hydrogen-bond acceptors (Lipinski definition) is 3. The summed E-state index contributed by atoms with van der Waals surface area (Å²) in [5.41, 5.74) is 1.64. The molecule has 6 nitrogen and oxygen atoms in total. The molecular formula is C18H22N4O2. The molecule has 0 spiro atoms. The maximum atomic E-state index is 12.1. The van der Waals surface area contributed by atoms with Crippen LogP contribution in [0.4, 0.5) is 0 Å². The van der Waals surface area contributed by atoms with E-state index in [0.717, 1.165) is 31.5 Å². The number of nitrogens with zero attached hydrogens (tertiary/aromatic N) is 3. The third kappa shape index (κ3) is 4.22. The first-order chi connectivity index (χ1) is 11.7. The van der Waals surface area contributed by atoms with Gasteiger partial charge in [0, 0.05) is 32.3 Å². The predicted molar refractivity (Wildman–Crippen MR) is 90.5 cm³/mol. The summed E-state index contributed by atoms with van der Waals surface area (Å²) in [7, 11) is 0. The van der Waals surface area contributed by atoms with Crippen LogP contribution in [-0.2, 0) is 11.3 Å². The summed E-state index contributed by atoms with van der Waals surface area (Å²) in [6.45, 7) is 2.68. The summed E-state index contributed by atoms with van der Waals surface area (Å²) in [4.78, 5) is 25.9. The van der Waals surface area contributed by atoms with Crippen LogP contribution in [0.15, 0.2) is 42.7 Å². The van der Waals surface area contributed by atoms with Gasteiger partial charge in [-0.15, -0.1) is 0 Å². The number of hydrogen-bond donors (Lipinski definition) is 1. The molecule has 2 heterocycles. The average molecular weight is 326 g/mol. The molecule has 1 fully saturated rings. The number of nitrogens with one attached hydrogen (secondary N) is 1. The van der Waals surface area contributed by atoms with Gasteiger partial charge in [0.2, 0.25) is 5.91 Å². The minimum Gasteiger partial charge on any atom is -0.351 e. The van der Waals surface area contributed by atoms with Gasteiger partial charge in [-0.25, -0.2) is 0 Å². The Labute approximate surface area is 141 Å². The van der Waals surface area contributed by atoms with Gasteiger partial charge in [0.1, 0.15) is 0 Å². The predicted octanol–water partition coefficient (Wildman–Crippen LogP) is 1.67. The van der Waals surface area contributed by atoms with Gasteiger partial charge in [0.25, 0.3) is 5.91 Å². The number of carbonyl (C=O) groups excluding carboxylic acids is 2. The molecule has 2 amide bonds. The Morgan fingerprint density at radius 3 is 2.62 bits per heavy atom. The van der Waals surface area contributed by atoms with E-state index in [0.29, 0.717) is 25.1 Å². The molecule has 3 rings (SSSR count). The van der Waals surface area contributed by atoms with Gasteiger partial charge in [0.15, 0.2) is 0 Å². The molecule has 126 valence electrons. The quantitative estimate of drug-likeness (QED) is 0.878. The molecule has 6 heteroatoms. The standard InChI is InChI=1S/C18H22N4O2/c23-17(21-10-4-5-11-21)8-9-19-18(24)16-12-20-22(14-16)13-15-6-2-1-3-7-15/h1-3,6-7,12,14H,4-5,8-11,13H2,(H,19,24). The number of benzene rings is 1. The van der Waals surface area contributed by atoms with Gasteiger partial charge in [0.05, 0.1) is 18.3 Å². The van der Waals surface area contributed by atoms with Crippen molar-refractivity contribution in [2.75, 3.05) is 19.6 Å². The molecule has 1 N–H and O–H groups in total. The highest BCUT2D eigenvalue weighted by Gasteiger charge is 2.17.